The van der Waals surface area contributed by atoms with E-state index in [1.165, 1.54) is 0 Å². The molecule has 1 fully saturated rings. The summed E-state index contributed by atoms with van der Waals surface area (Å²) in [6.07, 6.45) is -0.467. The molecule has 0 unspecified atom stereocenters. The third-order valence-electron chi connectivity index (χ3n) is 5.06. The van der Waals surface area contributed by atoms with E-state index >= 15 is 0 Å². The molecule has 3 rings (SSSR count). The Labute approximate surface area is 173 Å². The number of rotatable bonds is 10. The van der Waals surface area contributed by atoms with Crippen LogP contribution in [0.4, 0.5) is 0 Å². The number of hydrogen-bond donors (Lipinski definition) is 0. The Morgan fingerprint density at radius 2 is 1.69 bits per heavy atom. The molecule has 0 amide bonds. The first-order chi connectivity index (χ1) is 14.0. The maximum Gasteiger partial charge on any atom is 0.494 e. The monoisotopic (exact) mass is 396 g/mol. The van der Waals surface area contributed by atoms with Crippen LogP contribution >= 0.6 is 0 Å². The zero-order valence-corrected chi connectivity index (χ0v) is 17.3. The fourth-order valence-corrected chi connectivity index (χ4v) is 3.42. The van der Waals surface area contributed by atoms with Crippen LogP contribution in [0.2, 0.25) is 0 Å². The largest absolute Gasteiger partial charge is 0.494 e. The van der Waals surface area contributed by atoms with Crippen molar-refractivity contribution in [3.63, 3.8) is 0 Å². The Balaban J connectivity index is 1.55. The molecule has 29 heavy (non-hydrogen) atoms. The van der Waals surface area contributed by atoms with Gasteiger partial charge in [0.05, 0.1) is 18.8 Å². The van der Waals surface area contributed by atoms with Gasteiger partial charge >= 0.3 is 7.12 Å². The molecule has 1 heterocycles. The third kappa shape index (κ3) is 6.24. The lowest BCUT2D eigenvalue weighted by atomic mass is 9.79. The van der Waals surface area contributed by atoms with Gasteiger partial charge in [0.1, 0.15) is 12.9 Å². The molecule has 1 aliphatic rings. The van der Waals surface area contributed by atoms with Crippen molar-refractivity contribution >= 4 is 18.4 Å². The molecule has 0 aromatic heterocycles. The zero-order valence-electron chi connectivity index (χ0n) is 17.3. The Hall–Kier alpha value is -1.99. The van der Waals surface area contributed by atoms with Crippen molar-refractivity contribution in [2.45, 2.75) is 52.1 Å². The maximum atomic E-state index is 12.1. The minimum atomic E-state index is -0.588. The van der Waals surface area contributed by atoms with Gasteiger partial charge in [0, 0.05) is 6.42 Å². The lowest BCUT2D eigenvalue weighted by Crippen LogP contribution is -2.35. The van der Waals surface area contributed by atoms with Crippen molar-refractivity contribution in [3.8, 4) is 0 Å². The van der Waals surface area contributed by atoms with E-state index in [-0.39, 0.29) is 30.7 Å². The molecule has 5 nitrogen and oxygen atoms in total. The van der Waals surface area contributed by atoms with E-state index in [0.717, 1.165) is 11.0 Å². The minimum absolute atomic E-state index is 0.0312. The number of hydrogen-bond acceptors (Lipinski definition) is 5. The third-order valence-corrected chi connectivity index (χ3v) is 5.06. The highest BCUT2D eigenvalue weighted by molar-refractivity contribution is 6.62. The summed E-state index contributed by atoms with van der Waals surface area (Å²) in [6.45, 7) is 6.42. The highest BCUT2D eigenvalue weighted by atomic mass is 16.7. The van der Waals surface area contributed by atoms with Gasteiger partial charge in [0.25, 0.3) is 0 Å². The van der Waals surface area contributed by atoms with Gasteiger partial charge < -0.3 is 18.8 Å². The van der Waals surface area contributed by atoms with Gasteiger partial charge in [-0.25, -0.2) is 0 Å². The molecule has 154 valence electrons. The van der Waals surface area contributed by atoms with E-state index in [9.17, 15) is 4.79 Å². The molecule has 0 radical (unpaired) electrons. The van der Waals surface area contributed by atoms with E-state index in [1.807, 2.05) is 60.7 Å². The summed E-state index contributed by atoms with van der Waals surface area (Å²) in [7, 11) is -0.530. The second-order valence-corrected chi connectivity index (χ2v) is 7.72. The molecule has 2 aromatic rings. The maximum absolute atomic E-state index is 12.1. The quantitative estimate of drug-likeness (QED) is 0.350. The van der Waals surface area contributed by atoms with Crippen LogP contribution in [0.1, 0.15) is 32.8 Å². The van der Waals surface area contributed by atoms with Gasteiger partial charge in [-0.05, 0) is 23.9 Å². The summed E-state index contributed by atoms with van der Waals surface area (Å²) < 4.78 is 23.7. The van der Waals surface area contributed by atoms with E-state index in [0.29, 0.717) is 13.0 Å². The van der Waals surface area contributed by atoms with Crippen LogP contribution in [0.3, 0.4) is 0 Å². The van der Waals surface area contributed by atoms with Gasteiger partial charge in [0.2, 0.25) is 0 Å². The van der Waals surface area contributed by atoms with Crippen molar-refractivity contribution in [2.75, 3.05) is 6.79 Å². The predicted octanol–water partition coefficient (Wildman–Crippen LogP) is 3.36. The number of benzene rings is 2. The second kappa shape index (κ2) is 10.7. The van der Waals surface area contributed by atoms with Crippen molar-refractivity contribution < 1.29 is 23.6 Å². The van der Waals surface area contributed by atoms with Crippen LogP contribution in [0, 0.1) is 5.92 Å². The molecule has 3 atom stereocenters. The molecule has 1 aliphatic heterocycles. The smallest absolute Gasteiger partial charge is 0.401 e. The van der Waals surface area contributed by atoms with Crippen LogP contribution in [-0.2, 0) is 30.2 Å². The van der Waals surface area contributed by atoms with Crippen molar-refractivity contribution in [3.05, 3.63) is 66.2 Å². The van der Waals surface area contributed by atoms with Crippen molar-refractivity contribution in [1.82, 2.24) is 0 Å². The summed E-state index contributed by atoms with van der Waals surface area (Å²) >= 11 is 0. The Kier molecular flexibility index (Phi) is 8.01. The van der Waals surface area contributed by atoms with Gasteiger partial charge in [-0.3, -0.25) is 4.79 Å². The lowest BCUT2D eigenvalue weighted by Gasteiger charge is -2.26. The van der Waals surface area contributed by atoms with Gasteiger partial charge in [-0.1, -0.05) is 74.5 Å². The van der Waals surface area contributed by atoms with Gasteiger partial charge in [-0.15, -0.1) is 0 Å². The van der Waals surface area contributed by atoms with Crippen molar-refractivity contribution in [1.29, 1.82) is 0 Å². The molecule has 0 N–H and O–H groups in total. The average Bonchev–Trinajstić information content (AvgIpc) is 3.16. The minimum Gasteiger partial charge on any atom is -0.401 e. The summed E-state index contributed by atoms with van der Waals surface area (Å²) in [5, 5.41) is 0. The van der Waals surface area contributed by atoms with E-state index in [4.69, 9.17) is 18.8 Å². The molecule has 2 aromatic carbocycles. The van der Waals surface area contributed by atoms with E-state index in [2.05, 4.69) is 13.8 Å². The number of Topliss-reactive ketones (excluding diaryl/α,β-unsaturated/α-hetero) is 1. The molecule has 0 saturated carbocycles. The average molecular weight is 396 g/mol. The predicted molar refractivity (Wildman–Crippen MR) is 113 cm³/mol. The SMILES string of the molecule is CC(=O)[C@H]1OB(c2ccccc2)O[C@@H]1C[C@H](OCOCc1ccccc1)C(C)C. The van der Waals surface area contributed by atoms with Gasteiger partial charge in [0.15, 0.2) is 5.78 Å². The highest BCUT2D eigenvalue weighted by Crippen LogP contribution is 2.25. The highest BCUT2D eigenvalue weighted by Gasteiger charge is 2.44. The molecule has 6 heteroatoms. The van der Waals surface area contributed by atoms with Gasteiger partial charge in [-0.2, -0.15) is 0 Å². The Bertz CT molecular complexity index is 752. The summed E-state index contributed by atoms with van der Waals surface area (Å²) in [6, 6.07) is 19.7. The first-order valence-corrected chi connectivity index (χ1v) is 10.1. The Morgan fingerprint density at radius 3 is 2.31 bits per heavy atom. The van der Waals surface area contributed by atoms with Crippen LogP contribution in [0.5, 0.6) is 0 Å². The molecule has 0 bridgehead atoms. The Morgan fingerprint density at radius 1 is 1.03 bits per heavy atom. The molecular formula is C23H29BO5. The van der Waals surface area contributed by atoms with Crippen LogP contribution in [-0.4, -0.2) is 38.0 Å². The van der Waals surface area contributed by atoms with E-state index in [1.54, 1.807) is 6.92 Å². The lowest BCUT2D eigenvalue weighted by molar-refractivity contribution is -0.129. The normalized spacial score (nSPS) is 20.2. The van der Waals surface area contributed by atoms with Crippen LogP contribution in [0.25, 0.3) is 0 Å². The summed E-state index contributed by atoms with van der Waals surface area (Å²) in [5.74, 6) is 0.221. The second-order valence-electron chi connectivity index (χ2n) is 7.72. The van der Waals surface area contributed by atoms with Crippen LogP contribution < -0.4 is 5.46 Å². The fraction of sp³-hybridized carbons (Fsp3) is 0.435. The topological polar surface area (TPSA) is 54.0 Å². The fourth-order valence-electron chi connectivity index (χ4n) is 3.42. The zero-order chi connectivity index (χ0) is 20.6. The summed E-state index contributed by atoms with van der Waals surface area (Å²) in [4.78, 5) is 12.1. The molecule has 0 spiro atoms. The number of carbonyl (C=O) groups excluding carboxylic acids is 1. The molecule has 0 aliphatic carbocycles. The number of carbonyl (C=O) groups is 1. The van der Waals surface area contributed by atoms with Crippen LogP contribution in [0.15, 0.2) is 60.7 Å². The standard InChI is InChI=1S/C23H29BO5/c1-17(2)21(27-16-26-15-19-10-6-4-7-11-19)14-22-23(18(3)25)29-24(28-22)20-12-8-5-9-13-20/h4-13,17,21-23H,14-16H2,1-3H3/t21-,22+,23+/m0/s1. The molecular weight excluding hydrogens is 367 g/mol. The van der Waals surface area contributed by atoms with E-state index < -0.39 is 13.2 Å². The first kappa shape index (κ1) is 21.7. The van der Waals surface area contributed by atoms with Crippen molar-refractivity contribution in [2.24, 2.45) is 5.92 Å². The number of ether oxygens (including phenoxy) is 2. The summed E-state index contributed by atoms with van der Waals surface area (Å²) in [5.41, 5.74) is 2.02. The molecule has 1 saturated heterocycles. The first-order valence-electron chi connectivity index (χ1n) is 10.1. The number of ketones is 1.